The molecule has 0 saturated heterocycles. The molecule has 0 fully saturated rings. The third kappa shape index (κ3) is 4.73. The van der Waals surface area contributed by atoms with Crippen LogP contribution in [-0.2, 0) is 4.79 Å². The molecule has 0 unspecified atom stereocenters. The van der Waals surface area contributed by atoms with Gasteiger partial charge in [-0.1, -0.05) is 32.5 Å². The first-order valence-corrected chi connectivity index (χ1v) is 8.55. The Morgan fingerprint density at radius 1 is 0.690 bits per heavy atom. The quantitative estimate of drug-likeness (QED) is 0.339. The van der Waals surface area contributed by atoms with E-state index in [1.165, 1.54) is 20.8 Å². The molecule has 0 bridgehead atoms. The van der Waals surface area contributed by atoms with E-state index in [2.05, 4.69) is 0 Å². The minimum atomic E-state index is -7.90. The Labute approximate surface area is 160 Å². The molecule has 0 aliphatic carbocycles. The van der Waals surface area contributed by atoms with Crippen molar-refractivity contribution in [3.8, 4) is 0 Å². The van der Waals surface area contributed by atoms with Crippen LogP contribution in [0.1, 0.15) is 33.6 Å². The molecule has 174 valence electrons. The Morgan fingerprint density at radius 2 is 1.07 bits per heavy atom. The number of thioether (sulfide) groups is 1. The lowest BCUT2D eigenvalue weighted by Crippen LogP contribution is -2.70. The number of rotatable bonds is 9. The van der Waals surface area contributed by atoms with Crippen LogP contribution >= 0.6 is 11.8 Å². The first-order chi connectivity index (χ1) is 12.4. The van der Waals surface area contributed by atoms with Crippen molar-refractivity contribution in [1.29, 1.82) is 0 Å². The summed E-state index contributed by atoms with van der Waals surface area (Å²) in [5.74, 6) is -38.2. The van der Waals surface area contributed by atoms with Gasteiger partial charge in [-0.25, -0.2) is 0 Å². The van der Waals surface area contributed by atoms with Crippen LogP contribution in [0.15, 0.2) is 0 Å². The van der Waals surface area contributed by atoms with Gasteiger partial charge in [0.1, 0.15) is 0 Å². The average molecular weight is 478 g/mol. The molecule has 0 aliphatic rings. The molecule has 0 saturated carbocycles. The zero-order valence-corrected chi connectivity index (χ0v) is 15.7. The summed E-state index contributed by atoms with van der Waals surface area (Å²) in [4.78, 5) is 11.7. The summed E-state index contributed by atoms with van der Waals surface area (Å²) < 4.78 is 168. The van der Waals surface area contributed by atoms with E-state index >= 15 is 0 Å². The van der Waals surface area contributed by atoms with E-state index in [4.69, 9.17) is 0 Å². The summed E-state index contributed by atoms with van der Waals surface area (Å²) in [6.45, 7) is 4.14. The van der Waals surface area contributed by atoms with Crippen LogP contribution in [0, 0.1) is 5.41 Å². The van der Waals surface area contributed by atoms with Gasteiger partial charge in [0.25, 0.3) is 0 Å². The minimum absolute atomic E-state index is 0.0339. The van der Waals surface area contributed by atoms with E-state index in [-0.39, 0.29) is 18.2 Å². The molecule has 0 aromatic heterocycles. The Hall–Kier alpha value is -0.890. The van der Waals surface area contributed by atoms with Crippen molar-refractivity contribution < 1.29 is 61.9 Å². The van der Waals surface area contributed by atoms with Crippen molar-refractivity contribution in [2.75, 3.05) is 5.75 Å². The van der Waals surface area contributed by atoms with Crippen molar-refractivity contribution in [3.05, 3.63) is 0 Å². The first-order valence-electron chi connectivity index (χ1n) is 7.57. The standard InChI is InChI=1S/C14H15F13OS/c1-4-8(2,3)7(28)29-6-5-9(15,16)10(17,18)11(19,20)12(21,22)13(23,24)14(25,26)27/h4-6H2,1-3H3. The fraction of sp³-hybridized carbons (Fsp3) is 0.929. The van der Waals surface area contributed by atoms with Crippen LogP contribution in [0.3, 0.4) is 0 Å². The lowest BCUT2D eigenvalue weighted by Gasteiger charge is -2.39. The van der Waals surface area contributed by atoms with E-state index in [0.717, 1.165) is 0 Å². The largest absolute Gasteiger partial charge is 0.460 e. The highest BCUT2D eigenvalue weighted by molar-refractivity contribution is 8.13. The lowest BCUT2D eigenvalue weighted by atomic mass is 9.92. The summed E-state index contributed by atoms with van der Waals surface area (Å²) in [5.41, 5.74) is -1.14. The molecule has 0 aromatic rings. The Kier molecular flexibility index (Phi) is 7.74. The smallest absolute Gasteiger partial charge is 0.287 e. The van der Waals surface area contributed by atoms with Gasteiger partial charge in [0.2, 0.25) is 0 Å². The second kappa shape index (κ2) is 7.98. The molecule has 29 heavy (non-hydrogen) atoms. The van der Waals surface area contributed by atoms with E-state index in [9.17, 15) is 61.9 Å². The van der Waals surface area contributed by atoms with Crippen molar-refractivity contribution in [1.82, 2.24) is 0 Å². The van der Waals surface area contributed by atoms with Gasteiger partial charge in [-0.2, -0.15) is 57.1 Å². The van der Waals surface area contributed by atoms with Crippen LogP contribution in [0.25, 0.3) is 0 Å². The highest BCUT2D eigenvalue weighted by Gasteiger charge is 2.90. The molecule has 0 radical (unpaired) electrons. The van der Waals surface area contributed by atoms with Crippen LogP contribution < -0.4 is 0 Å². The topological polar surface area (TPSA) is 17.1 Å². The molecule has 0 heterocycles. The second-order valence-corrected chi connectivity index (χ2v) is 7.69. The lowest BCUT2D eigenvalue weighted by molar-refractivity contribution is -0.439. The SMILES string of the molecule is CCC(C)(C)C(=O)SCCC(F)(F)C(F)(F)C(F)(F)C(F)(F)C(F)(F)C(F)(F)F. The molecule has 15 heteroatoms. The average Bonchev–Trinajstić information content (AvgIpc) is 2.52. The summed E-state index contributed by atoms with van der Waals surface area (Å²) in [7, 11) is 0. The monoisotopic (exact) mass is 478 g/mol. The fourth-order valence-electron chi connectivity index (χ4n) is 1.57. The highest BCUT2D eigenvalue weighted by Crippen LogP contribution is 2.60. The van der Waals surface area contributed by atoms with Crippen molar-refractivity contribution in [2.45, 2.75) is 69.4 Å². The van der Waals surface area contributed by atoms with Crippen LogP contribution in [0.4, 0.5) is 57.1 Å². The van der Waals surface area contributed by atoms with Crippen LogP contribution in [-0.4, -0.2) is 46.7 Å². The third-order valence-corrected chi connectivity index (χ3v) is 5.31. The molecule has 0 aromatic carbocycles. The van der Waals surface area contributed by atoms with Gasteiger partial charge < -0.3 is 0 Å². The van der Waals surface area contributed by atoms with E-state index in [1.807, 2.05) is 0 Å². The van der Waals surface area contributed by atoms with Gasteiger partial charge in [-0.15, -0.1) is 0 Å². The molecule has 0 rings (SSSR count). The zero-order chi connectivity index (χ0) is 23.9. The molecule has 0 amide bonds. The molecular weight excluding hydrogens is 463 g/mol. The Bertz CT molecular complexity index is 595. The van der Waals surface area contributed by atoms with E-state index in [0.29, 0.717) is 0 Å². The molecule has 0 spiro atoms. The molecular formula is C14H15F13OS. The number of halogens is 13. The number of carbonyl (C=O) groups excluding carboxylic acids is 1. The summed E-state index contributed by atoms with van der Waals surface area (Å²) in [6, 6.07) is 0. The van der Waals surface area contributed by atoms with Crippen molar-refractivity contribution in [3.63, 3.8) is 0 Å². The minimum Gasteiger partial charge on any atom is -0.287 e. The summed E-state index contributed by atoms with van der Waals surface area (Å²) in [6.07, 6.45) is -9.65. The van der Waals surface area contributed by atoms with Gasteiger partial charge in [0.15, 0.2) is 5.12 Å². The van der Waals surface area contributed by atoms with Gasteiger partial charge >= 0.3 is 35.8 Å². The van der Waals surface area contributed by atoms with Crippen molar-refractivity contribution in [2.24, 2.45) is 5.41 Å². The zero-order valence-electron chi connectivity index (χ0n) is 14.9. The maximum atomic E-state index is 13.5. The van der Waals surface area contributed by atoms with Gasteiger partial charge in [0, 0.05) is 17.6 Å². The van der Waals surface area contributed by atoms with E-state index < -0.39 is 58.5 Å². The number of carbonyl (C=O) groups is 1. The molecule has 0 N–H and O–H groups in total. The predicted octanol–water partition coefficient (Wildman–Crippen LogP) is 6.81. The Morgan fingerprint density at radius 3 is 1.41 bits per heavy atom. The van der Waals surface area contributed by atoms with Gasteiger partial charge in [-0.3, -0.25) is 4.79 Å². The number of hydrogen-bond acceptors (Lipinski definition) is 2. The normalized spacial score (nSPS) is 15.6. The van der Waals surface area contributed by atoms with Gasteiger partial charge in [0.05, 0.1) is 0 Å². The summed E-state index contributed by atoms with van der Waals surface area (Å²) >= 11 is -0.0339. The number of alkyl halides is 13. The predicted molar refractivity (Wildman–Crippen MR) is 76.9 cm³/mol. The highest BCUT2D eigenvalue weighted by atomic mass is 32.2. The van der Waals surface area contributed by atoms with Crippen molar-refractivity contribution >= 4 is 16.9 Å². The summed E-state index contributed by atoms with van der Waals surface area (Å²) in [5, 5.41) is -0.847. The fourth-order valence-corrected chi connectivity index (χ4v) is 2.65. The maximum Gasteiger partial charge on any atom is 0.460 e. The molecule has 1 nitrogen and oxygen atoms in total. The first kappa shape index (κ1) is 28.1. The van der Waals surface area contributed by atoms with Crippen LogP contribution in [0.5, 0.6) is 0 Å². The molecule has 0 aliphatic heterocycles. The molecule has 0 atom stereocenters. The second-order valence-electron chi connectivity index (χ2n) is 6.62. The number of hydrogen-bond donors (Lipinski definition) is 0. The van der Waals surface area contributed by atoms with Gasteiger partial charge in [-0.05, 0) is 6.42 Å². The van der Waals surface area contributed by atoms with Crippen LogP contribution in [0.2, 0.25) is 0 Å². The maximum absolute atomic E-state index is 13.5. The third-order valence-electron chi connectivity index (χ3n) is 4.08. The Balaban J connectivity index is 5.74. The van der Waals surface area contributed by atoms with E-state index in [1.54, 1.807) is 0 Å².